The molecule has 1 aliphatic carbocycles. The van der Waals surface area contributed by atoms with Crippen molar-refractivity contribution in [2.24, 2.45) is 0 Å². The van der Waals surface area contributed by atoms with E-state index < -0.39 is 10.7 Å². The number of halogens is 1. The molecule has 6 nitrogen and oxygen atoms in total. The van der Waals surface area contributed by atoms with Gasteiger partial charge in [0.1, 0.15) is 10.8 Å². The van der Waals surface area contributed by atoms with Gasteiger partial charge in [-0.2, -0.15) is 0 Å². The van der Waals surface area contributed by atoms with Crippen LogP contribution in [0.5, 0.6) is 0 Å². The molecule has 8 heteroatoms. The van der Waals surface area contributed by atoms with E-state index in [9.17, 15) is 14.5 Å². The Balaban J connectivity index is 1.77. The van der Waals surface area contributed by atoms with Crippen molar-refractivity contribution < 1.29 is 9.31 Å². The van der Waals surface area contributed by atoms with E-state index >= 15 is 0 Å². The van der Waals surface area contributed by atoms with Gasteiger partial charge < -0.3 is 5.32 Å². The van der Waals surface area contributed by atoms with Crippen molar-refractivity contribution in [1.82, 2.24) is 15.5 Å². The van der Waals surface area contributed by atoms with E-state index in [4.69, 9.17) is 0 Å². The average Bonchev–Trinajstić information content (AvgIpc) is 3.16. The molecule has 1 heterocycles. The lowest BCUT2D eigenvalue weighted by Crippen LogP contribution is -2.19. The normalized spacial score (nSPS) is 14.3. The van der Waals surface area contributed by atoms with E-state index in [1.807, 2.05) is 0 Å². The molecule has 2 aromatic rings. The Kier molecular flexibility index (Phi) is 3.89. The average molecular weight is 308 g/mol. The van der Waals surface area contributed by atoms with Crippen LogP contribution in [0.2, 0.25) is 0 Å². The van der Waals surface area contributed by atoms with E-state index in [-0.39, 0.29) is 5.69 Å². The largest absolute Gasteiger partial charge is 0.314 e. The molecule has 21 heavy (non-hydrogen) atoms. The Hall–Kier alpha value is -1.93. The van der Waals surface area contributed by atoms with Gasteiger partial charge in [-0.15, -0.1) is 10.2 Å². The Morgan fingerprint density at radius 2 is 2.24 bits per heavy atom. The number of aromatic nitrogens is 2. The van der Waals surface area contributed by atoms with Gasteiger partial charge in [-0.3, -0.25) is 10.1 Å². The highest BCUT2D eigenvalue weighted by Gasteiger charge is 2.21. The maximum atomic E-state index is 13.1. The molecular weight excluding hydrogens is 295 g/mol. The van der Waals surface area contributed by atoms with Gasteiger partial charge in [-0.05, 0) is 25.0 Å². The number of nitro benzene ring substituents is 1. The summed E-state index contributed by atoms with van der Waals surface area (Å²) in [6, 6.07) is 4.11. The number of nitrogens with one attached hydrogen (secondary N) is 1. The SMILES string of the molecule is O=[N+]([O-])c1cc(F)ccc1-c1nnc(CCNC2CC2)s1. The third-order valence-electron chi connectivity index (χ3n) is 3.20. The second-order valence-corrected chi connectivity index (χ2v) is 5.96. The number of nitro groups is 1. The van der Waals surface area contributed by atoms with Crippen molar-refractivity contribution in [1.29, 1.82) is 0 Å². The molecule has 0 radical (unpaired) electrons. The van der Waals surface area contributed by atoms with Crippen LogP contribution in [0.3, 0.4) is 0 Å². The van der Waals surface area contributed by atoms with Crippen molar-refractivity contribution in [3.8, 4) is 10.6 Å². The predicted octanol–water partition coefficient (Wildman–Crippen LogP) is 2.55. The molecule has 0 saturated heterocycles. The Bertz CT molecular complexity index is 672. The number of hydrogen-bond donors (Lipinski definition) is 1. The van der Waals surface area contributed by atoms with Crippen LogP contribution in [0.15, 0.2) is 18.2 Å². The zero-order chi connectivity index (χ0) is 14.8. The fourth-order valence-electron chi connectivity index (χ4n) is 1.97. The maximum Gasteiger partial charge on any atom is 0.282 e. The van der Waals surface area contributed by atoms with Crippen molar-refractivity contribution in [2.75, 3.05) is 6.54 Å². The van der Waals surface area contributed by atoms with Crippen LogP contribution in [-0.2, 0) is 6.42 Å². The van der Waals surface area contributed by atoms with Crippen LogP contribution in [0.4, 0.5) is 10.1 Å². The van der Waals surface area contributed by atoms with Crippen LogP contribution in [-0.4, -0.2) is 27.7 Å². The summed E-state index contributed by atoms with van der Waals surface area (Å²) in [5, 5.41) is 23.7. The van der Waals surface area contributed by atoms with E-state index in [2.05, 4.69) is 15.5 Å². The molecule has 0 spiro atoms. The number of rotatable bonds is 6. The number of hydrogen-bond acceptors (Lipinski definition) is 6. The third kappa shape index (κ3) is 3.40. The summed E-state index contributed by atoms with van der Waals surface area (Å²) in [5.41, 5.74) is 0.0223. The first-order valence-corrected chi connectivity index (χ1v) is 7.45. The van der Waals surface area contributed by atoms with Gasteiger partial charge in [-0.25, -0.2) is 4.39 Å². The minimum absolute atomic E-state index is 0.284. The summed E-state index contributed by atoms with van der Waals surface area (Å²) < 4.78 is 13.1. The third-order valence-corrected chi connectivity index (χ3v) is 4.22. The first kappa shape index (κ1) is 14.0. The monoisotopic (exact) mass is 308 g/mol. The van der Waals surface area contributed by atoms with Crippen LogP contribution >= 0.6 is 11.3 Å². The Morgan fingerprint density at radius 1 is 1.43 bits per heavy atom. The quantitative estimate of drug-likeness (QED) is 0.655. The first-order chi connectivity index (χ1) is 10.1. The van der Waals surface area contributed by atoms with Gasteiger partial charge in [0.25, 0.3) is 5.69 Å². The number of benzene rings is 1. The topological polar surface area (TPSA) is 81.0 Å². The zero-order valence-electron chi connectivity index (χ0n) is 11.1. The number of nitrogens with zero attached hydrogens (tertiary/aromatic N) is 3. The van der Waals surface area contributed by atoms with Crippen LogP contribution in [0.1, 0.15) is 17.8 Å². The molecule has 1 aliphatic rings. The summed E-state index contributed by atoms with van der Waals surface area (Å²) in [6.45, 7) is 0.824. The molecule has 3 rings (SSSR count). The molecule has 1 aromatic carbocycles. The van der Waals surface area contributed by atoms with E-state index in [1.54, 1.807) is 0 Å². The molecule has 0 bridgehead atoms. The Morgan fingerprint density at radius 3 is 2.95 bits per heavy atom. The predicted molar refractivity (Wildman–Crippen MR) is 76.7 cm³/mol. The van der Waals surface area contributed by atoms with Gasteiger partial charge in [0.15, 0.2) is 5.01 Å². The lowest BCUT2D eigenvalue weighted by atomic mass is 10.2. The standard InChI is InChI=1S/C13H13FN4O2S/c14-8-1-4-10(11(7-8)18(19)20)13-17-16-12(21-13)5-6-15-9-2-3-9/h1,4,7,9,15H,2-3,5-6H2. The molecule has 1 aromatic heterocycles. The van der Waals surface area contributed by atoms with Gasteiger partial charge in [0, 0.05) is 19.0 Å². The smallest absolute Gasteiger partial charge is 0.282 e. The van der Waals surface area contributed by atoms with Gasteiger partial charge in [-0.1, -0.05) is 11.3 Å². The van der Waals surface area contributed by atoms with Gasteiger partial charge in [0.2, 0.25) is 0 Å². The highest BCUT2D eigenvalue weighted by molar-refractivity contribution is 7.14. The van der Waals surface area contributed by atoms with Gasteiger partial charge in [0.05, 0.1) is 16.6 Å². The van der Waals surface area contributed by atoms with Crippen molar-refractivity contribution in [3.05, 3.63) is 39.1 Å². The second kappa shape index (κ2) is 5.82. The minimum Gasteiger partial charge on any atom is -0.314 e. The lowest BCUT2D eigenvalue weighted by Gasteiger charge is -1.99. The van der Waals surface area contributed by atoms with Crippen LogP contribution in [0, 0.1) is 15.9 Å². The lowest BCUT2D eigenvalue weighted by molar-refractivity contribution is -0.384. The molecule has 1 N–H and O–H groups in total. The summed E-state index contributed by atoms with van der Waals surface area (Å²) in [5.74, 6) is -0.635. The van der Waals surface area contributed by atoms with E-state index in [1.165, 1.54) is 36.3 Å². The minimum atomic E-state index is -0.635. The van der Waals surface area contributed by atoms with Crippen molar-refractivity contribution in [2.45, 2.75) is 25.3 Å². The highest BCUT2D eigenvalue weighted by Crippen LogP contribution is 2.32. The van der Waals surface area contributed by atoms with E-state index in [0.717, 1.165) is 24.0 Å². The summed E-state index contributed by atoms with van der Waals surface area (Å²) >= 11 is 1.31. The molecule has 1 saturated carbocycles. The van der Waals surface area contributed by atoms with Crippen LogP contribution < -0.4 is 5.32 Å². The van der Waals surface area contributed by atoms with Gasteiger partial charge >= 0.3 is 0 Å². The first-order valence-electron chi connectivity index (χ1n) is 6.63. The van der Waals surface area contributed by atoms with Crippen molar-refractivity contribution in [3.63, 3.8) is 0 Å². The molecule has 0 amide bonds. The summed E-state index contributed by atoms with van der Waals surface area (Å²) in [7, 11) is 0. The summed E-state index contributed by atoms with van der Waals surface area (Å²) in [6.07, 6.45) is 3.19. The molecule has 0 atom stereocenters. The second-order valence-electron chi connectivity index (χ2n) is 4.90. The Labute approximate surface area is 124 Å². The molecule has 0 unspecified atom stereocenters. The van der Waals surface area contributed by atoms with E-state index in [0.29, 0.717) is 16.6 Å². The molecular formula is C13H13FN4O2S. The van der Waals surface area contributed by atoms with Crippen molar-refractivity contribution >= 4 is 17.0 Å². The highest BCUT2D eigenvalue weighted by atomic mass is 32.1. The maximum absolute atomic E-state index is 13.1. The molecule has 110 valence electrons. The molecule has 0 aliphatic heterocycles. The molecule has 1 fully saturated rings. The van der Waals surface area contributed by atoms with Crippen LogP contribution in [0.25, 0.3) is 10.6 Å². The fourth-order valence-corrected chi connectivity index (χ4v) is 2.84. The fraction of sp³-hybridized carbons (Fsp3) is 0.385. The summed E-state index contributed by atoms with van der Waals surface area (Å²) in [4.78, 5) is 10.4. The zero-order valence-corrected chi connectivity index (χ0v) is 11.9.